The van der Waals surface area contributed by atoms with Crippen molar-refractivity contribution in [1.29, 1.82) is 0 Å². The zero-order valence-electron chi connectivity index (χ0n) is 15.3. The van der Waals surface area contributed by atoms with Gasteiger partial charge in [-0.15, -0.1) is 0 Å². The molecule has 2 nitrogen and oxygen atoms in total. The Morgan fingerprint density at radius 3 is 2.38 bits per heavy atom. The summed E-state index contributed by atoms with van der Waals surface area (Å²) in [7, 11) is 1.73. The molecule has 4 rings (SSSR count). The van der Waals surface area contributed by atoms with Gasteiger partial charge >= 0.3 is 0 Å². The first-order valence-corrected chi connectivity index (χ1v) is 8.99. The van der Waals surface area contributed by atoms with Gasteiger partial charge in [-0.2, -0.15) is 0 Å². The summed E-state index contributed by atoms with van der Waals surface area (Å²) in [6.45, 7) is 3.05. The van der Waals surface area contributed by atoms with Crippen LogP contribution in [-0.4, -0.2) is 11.7 Å². The molecule has 3 aromatic carbocycles. The lowest BCUT2D eigenvalue weighted by Gasteiger charge is -2.06. The van der Waals surface area contributed by atoms with Crippen molar-refractivity contribution in [2.24, 2.45) is 0 Å². The summed E-state index contributed by atoms with van der Waals surface area (Å²) < 4.78 is 7.81. The van der Waals surface area contributed by atoms with E-state index in [4.69, 9.17) is 4.74 Å². The Morgan fingerprint density at radius 2 is 1.62 bits per heavy atom. The number of hydrogen-bond acceptors (Lipinski definition) is 1. The summed E-state index contributed by atoms with van der Waals surface area (Å²) in [5, 5.41) is 1.27. The molecule has 0 saturated carbocycles. The molecule has 0 unspecified atom stereocenters. The first-order chi connectivity index (χ1) is 12.7. The number of methoxy groups -OCH3 is 1. The van der Waals surface area contributed by atoms with Crippen molar-refractivity contribution in [3.8, 4) is 5.75 Å². The largest absolute Gasteiger partial charge is 0.497 e. The average molecular weight is 341 g/mol. The van der Waals surface area contributed by atoms with Crippen molar-refractivity contribution in [1.82, 2.24) is 4.57 Å². The molecule has 1 aromatic heterocycles. The van der Waals surface area contributed by atoms with Crippen LogP contribution in [0.3, 0.4) is 0 Å². The molecule has 2 heteroatoms. The molecule has 26 heavy (non-hydrogen) atoms. The van der Waals surface area contributed by atoms with Gasteiger partial charge in [-0.25, -0.2) is 0 Å². The Labute approximate surface area is 154 Å². The van der Waals surface area contributed by atoms with Crippen LogP contribution in [0.25, 0.3) is 10.9 Å². The second-order valence-corrected chi connectivity index (χ2v) is 6.75. The van der Waals surface area contributed by atoms with Crippen LogP contribution < -0.4 is 4.74 Å². The molecule has 0 N–H and O–H groups in total. The molecule has 0 amide bonds. The molecule has 0 aliphatic rings. The van der Waals surface area contributed by atoms with E-state index in [0.29, 0.717) is 0 Å². The SMILES string of the molecule is COc1ccc2c(c1)c(Cc1ccccc1C)cn2Cc1ccccc1. The van der Waals surface area contributed by atoms with Crippen LogP contribution in [0.4, 0.5) is 0 Å². The van der Waals surface area contributed by atoms with E-state index in [1.165, 1.54) is 33.2 Å². The summed E-state index contributed by atoms with van der Waals surface area (Å²) in [4.78, 5) is 0. The summed E-state index contributed by atoms with van der Waals surface area (Å²) in [6.07, 6.45) is 3.22. The van der Waals surface area contributed by atoms with Gasteiger partial charge in [0.25, 0.3) is 0 Å². The van der Waals surface area contributed by atoms with E-state index in [1.807, 2.05) is 6.07 Å². The van der Waals surface area contributed by atoms with Crippen molar-refractivity contribution in [3.05, 3.63) is 101 Å². The van der Waals surface area contributed by atoms with Gasteiger partial charge in [0, 0.05) is 23.6 Å². The van der Waals surface area contributed by atoms with Crippen LogP contribution in [0.1, 0.15) is 22.3 Å². The molecule has 0 atom stereocenters. The van der Waals surface area contributed by atoms with E-state index in [1.54, 1.807) is 7.11 Å². The van der Waals surface area contributed by atoms with Gasteiger partial charge in [-0.05, 0) is 53.8 Å². The highest BCUT2D eigenvalue weighted by molar-refractivity contribution is 5.86. The number of aryl methyl sites for hydroxylation is 1. The molecular weight excluding hydrogens is 318 g/mol. The Balaban J connectivity index is 1.79. The van der Waals surface area contributed by atoms with E-state index >= 15 is 0 Å². The van der Waals surface area contributed by atoms with Crippen LogP contribution in [0, 0.1) is 6.92 Å². The van der Waals surface area contributed by atoms with Crippen molar-refractivity contribution in [2.75, 3.05) is 7.11 Å². The number of benzene rings is 3. The topological polar surface area (TPSA) is 14.2 Å². The van der Waals surface area contributed by atoms with Gasteiger partial charge in [0.05, 0.1) is 7.11 Å². The van der Waals surface area contributed by atoms with Gasteiger partial charge in [-0.1, -0.05) is 54.6 Å². The molecule has 0 bridgehead atoms. The van der Waals surface area contributed by atoms with Crippen LogP contribution in [0.5, 0.6) is 5.75 Å². The van der Waals surface area contributed by atoms with E-state index in [2.05, 4.69) is 84.4 Å². The summed E-state index contributed by atoms with van der Waals surface area (Å²) >= 11 is 0. The second-order valence-electron chi connectivity index (χ2n) is 6.75. The number of aromatic nitrogens is 1. The van der Waals surface area contributed by atoms with Crippen LogP contribution in [0.2, 0.25) is 0 Å². The monoisotopic (exact) mass is 341 g/mol. The maximum absolute atomic E-state index is 5.47. The lowest BCUT2D eigenvalue weighted by molar-refractivity contribution is 0.415. The number of rotatable bonds is 5. The predicted molar refractivity (Wildman–Crippen MR) is 108 cm³/mol. The van der Waals surface area contributed by atoms with Gasteiger partial charge in [-0.3, -0.25) is 0 Å². The van der Waals surface area contributed by atoms with Gasteiger partial charge in [0.1, 0.15) is 5.75 Å². The number of nitrogens with zero attached hydrogens (tertiary/aromatic N) is 1. The summed E-state index contributed by atoms with van der Waals surface area (Å²) in [6, 6.07) is 25.6. The van der Waals surface area contributed by atoms with Crippen molar-refractivity contribution in [3.63, 3.8) is 0 Å². The molecule has 0 spiro atoms. The number of fused-ring (bicyclic) bond motifs is 1. The zero-order chi connectivity index (χ0) is 17.9. The zero-order valence-corrected chi connectivity index (χ0v) is 15.3. The number of ether oxygens (including phenoxy) is 1. The minimum atomic E-state index is 0.872. The Morgan fingerprint density at radius 1 is 0.846 bits per heavy atom. The van der Waals surface area contributed by atoms with E-state index < -0.39 is 0 Å². The molecule has 130 valence electrons. The third kappa shape index (κ3) is 3.23. The van der Waals surface area contributed by atoms with E-state index in [0.717, 1.165) is 18.7 Å². The third-order valence-corrected chi connectivity index (χ3v) is 5.01. The van der Waals surface area contributed by atoms with Crippen LogP contribution in [-0.2, 0) is 13.0 Å². The van der Waals surface area contributed by atoms with Gasteiger partial charge in [0.15, 0.2) is 0 Å². The highest BCUT2D eigenvalue weighted by atomic mass is 16.5. The fraction of sp³-hybridized carbons (Fsp3) is 0.167. The highest BCUT2D eigenvalue weighted by Gasteiger charge is 2.11. The minimum Gasteiger partial charge on any atom is -0.497 e. The maximum Gasteiger partial charge on any atom is 0.119 e. The molecule has 1 heterocycles. The summed E-state index contributed by atoms with van der Waals surface area (Å²) in [5.74, 6) is 0.904. The molecular formula is C24H23NO. The maximum atomic E-state index is 5.47. The van der Waals surface area contributed by atoms with Gasteiger partial charge < -0.3 is 9.30 Å². The Bertz CT molecular complexity index is 1030. The minimum absolute atomic E-state index is 0.872. The second kappa shape index (κ2) is 7.09. The van der Waals surface area contributed by atoms with Crippen LogP contribution in [0.15, 0.2) is 79.0 Å². The average Bonchev–Trinajstić information content (AvgIpc) is 3.01. The Hall–Kier alpha value is -3.00. The fourth-order valence-corrected chi connectivity index (χ4v) is 3.54. The molecule has 0 aliphatic heterocycles. The molecule has 0 aliphatic carbocycles. The molecule has 0 fully saturated rings. The van der Waals surface area contributed by atoms with E-state index in [9.17, 15) is 0 Å². The smallest absolute Gasteiger partial charge is 0.119 e. The van der Waals surface area contributed by atoms with E-state index in [-0.39, 0.29) is 0 Å². The summed E-state index contributed by atoms with van der Waals surface area (Å²) in [5.41, 5.74) is 6.60. The fourth-order valence-electron chi connectivity index (χ4n) is 3.54. The number of hydrogen-bond donors (Lipinski definition) is 0. The lowest BCUT2D eigenvalue weighted by Crippen LogP contribution is -1.97. The van der Waals surface area contributed by atoms with Crippen molar-refractivity contribution < 1.29 is 4.74 Å². The predicted octanol–water partition coefficient (Wildman–Crippen LogP) is 5.60. The molecule has 0 radical (unpaired) electrons. The first kappa shape index (κ1) is 16.5. The normalized spacial score (nSPS) is 11.0. The van der Waals surface area contributed by atoms with Crippen LogP contribution >= 0.6 is 0 Å². The standard InChI is InChI=1S/C24H23NO/c1-18-8-6-7-11-20(18)14-21-17-25(16-19-9-4-3-5-10-19)24-13-12-22(26-2)15-23(21)24/h3-13,15,17H,14,16H2,1-2H3. The van der Waals surface area contributed by atoms with Gasteiger partial charge in [0.2, 0.25) is 0 Å². The highest BCUT2D eigenvalue weighted by Crippen LogP contribution is 2.29. The lowest BCUT2D eigenvalue weighted by atomic mass is 10.0. The molecule has 0 saturated heterocycles. The van der Waals surface area contributed by atoms with Crippen molar-refractivity contribution in [2.45, 2.75) is 19.9 Å². The third-order valence-electron chi connectivity index (χ3n) is 5.01. The molecule has 4 aromatic rings. The Kier molecular flexibility index (Phi) is 4.49. The first-order valence-electron chi connectivity index (χ1n) is 8.99. The quantitative estimate of drug-likeness (QED) is 0.461. The van der Waals surface area contributed by atoms with Crippen molar-refractivity contribution >= 4 is 10.9 Å².